The predicted molar refractivity (Wildman–Crippen MR) is 136 cm³/mol. The number of H-pyrrole nitrogens is 1. The van der Waals surface area contributed by atoms with E-state index in [2.05, 4.69) is 25.7 Å². The molecule has 0 aliphatic rings. The van der Waals surface area contributed by atoms with E-state index in [0.29, 0.717) is 5.16 Å². The minimum Gasteiger partial charge on any atom is -0.358 e. The number of amides is 1. The van der Waals surface area contributed by atoms with Crippen LogP contribution in [0.1, 0.15) is 11.3 Å². The van der Waals surface area contributed by atoms with Crippen LogP contribution in [0.5, 0.6) is 0 Å². The lowest BCUT2D eigenvalue weighted by Gasteiger charge is -2.10. The molecule has 0 saturated heterocycles. The van der Waals surface area contributed by atoms with Crippen LogP contribution in [0.2, 0.25) is 0 Å². The second-order valence-corrected chi connectivity index (χ2v) is 8.58. The van der Waals surface area contributed by atoms with Gasteiger partial charge in [-0.15, -0.1) is 10.2 Å². The molecule has 8 heteroatoms. The smallest absolute Gasteiger partial charge is 0.250 e. The molecule has 0 saturated carbocycles. The maximum atomic E-state index is 12.5. The lowest BCUT2D eigenvalue weighted by Crippen LogP contribution is -2.20. The molecule has 5 aromatic rings. The van der Waals surface area contributed by atoms with Gasteiger partial charge in [-0.25, -0.2) is 5.43 Å². The zero-order valence-electron chi connectivity index (χ0n) is 18.5. The Morgan fingerprint density at radius 1 is 1.00 bits per heavy atom. The Balaban J connectivity index is 1.31. The van der Waals surface area contributed by atoms with Gasteiger partial charge < -0.3 is 4.98 Å². The van der Waals surface area contributed by atoms with E-state index in [0.717, 1.165) is 39.2 Å². The zero-order valence-corrected chi connectivity index (χ0v) is 19.3. The number of aromatic nitrogens is 4. The lowest BCUT2D eigenvalue weighted by molar-refractivity contribution is -0.118. The summed E-state index contributed by atoms with van der Waals surface area (Å²) in [5, 5.41) is 14.6. The van der Waals surface area contributed by atoms with E-state index < -0.39 is 0 Å². The van der Waals surface area contributed by atoms with E-state index in [-0.39, 0.29) is 11.7 Å². The van der Waals surface area contributed by atoms with Crippen LogP contribution in [0.15, 0.2) is 95.2 Å². The lowest BCUT2D eigenvalue weighted by atomic mass is 10.1. The fourth-order valence-corrected chi connectivity index (χ4v) is 4.49. The Bertz CT molecular complexity index is 1460. The molecule has 0 atom stereocenters. The molecular weight excluding hydrogens is 444 g/mol. The number of hydrogen-bond donors (Lipinski definition) is 2. The molecule has 2 heterocycles. The fraction of sp³-hybridized carbons (Fsp3) is 0.0769. The number of rotatable bonds is 7. The summed E-state index contributed by atoms with van der Waals surface area (Å²) in [6.07, 6.45) is 1.68. The molecule has 7 nitrogen and oxygen atoms in total. The van der Waals surface area contributed by atoms with Crippen molar-refractivity contribution in [2.75, 3.05) is 5.75 Å². The monoisotopic (exact) mass is 466 g/mol. The summed E-state index contributed by atoms with van der Waals surface area (Å²) in [5.41, 5.74) is 7.50. The van der Waals surface area contributed by atoms with Crippen LogP contribution < -0.4 is 5.43 Å². The van der Waals surface area contributed by atoms with Gasteiger partial charge in [0.05, 0.1) is 12.0 Å². The summed E-state index contributed by atoms with van der Waals surface area (Å²) in [7, 11) is 0. The second kappa shape index (κ2) is 9.76. The van der Waals surface area contributed by atoms with Gasteiger partial charge in [0.1, 0.15) is 0 Å². The topological polar surface area (TPSA) is 88.0 Å². The van der Waals surface area contributed by atoms with E-state index in [1.807, 2.05) is 96.4 Å². The van der Waals surface area contributed by atoms with Crippen LogP contribution in [0.25, 0.3) is 28.0 Å². The third-order valence-corrected chi connectivity index (χ3v) is 6.27. The van der Waals surface area contributed by atoms with Crippen LogP contribution in [0.3, 0.4) is 0 Å². The highest BCUT2D eigenvalue weighted by molar-refractivity contribution is 7.99. The SMILES string of the molecule is Cc1[nH]c2ccccc2c1/C=N\NC(=O)CSc1nnc(-c2ccccc2)n1-c1ccccc1. The molecule has 0 radical (unpaired) electrons. The first-order valence-electron chi connectivity index (χ1n) is 10.8. The highest BCUT2D eigenvalue weighted by atomic mass is 32.2. The van der Waals surface area contributed by atoms with Gasteiger partial charge in [-0.1, -0.05) is 78.5 Å². The van der Waals surface area contributed by atoms with E-state index >= 15 is 0 Å². The number of benzene rings is 3. The van der Waals surface area contributed by atoms with E-state index in [4.69, 9.17) is 0 Å². The summed E-state index contributed by atoms with van der Waals surface area (Å²) in [6.45, 7) is 1.99. The molecule has 168 valence electrons. The van der Waals surface area contributed by atoms with Crippen molar-refractivity contribution in [2.24, 2.45) is 5.10 Å². The number of thioether (sulfide) groups is 1. The van der Waals surface area contributed by atoms with Crippen LogP contribution in [-0.2, 0) is 4.79 Å². The van der Waals surface area contributed by atoms with Gasteiger partial charge in [0.25, 0.3) is 5.91 Å². The Labute approximate surface area is 200 Å². The maximum Gasteiger partial charge on any atom is 0.250 e. The summed E-state index contributed by atoms with van der Waals surface area (Å²) in [5.74, 6) is 0.661. The van der Waals surface area contributed by atoms with Crippen LogP contribution >= 0.6 is 11.8 Å². The minimum atomic E-state index is -0.220. The minimum absolute atomic E-state index is 0.157. The molecule has 1 amide bonds. The largest absolute Gasteiger partial charge is 0.358 e. The van der Waals surface area contributed by atoms with Gasteiger partial charge in [-0.2, -0.15) is 5.10 Å². The average molecular weight is 467 g/mol. The molecule has 3 aromatic carbocycles. The van der Waals surface area contributed by atoms with Crippen LogP contribution in [0.4, 0.5) is 0 Å². The molecule has 5 rings (SSSR count). The number of hydrazone groups is 1. The van der Waals surface area contributed by atoms with Gasteiger partial charge in [0, 0.05) is 33.4 Å². The standard InChI is InChI=1S/C26H22N6OS/c1-18-22(21-14-8-9-15-23(21)28-18)16-27-29-24(33)17-34-26-31-30-25(19-10-4-2-5-11-19)32(26)20-12-6-3-7-13-20/h2-16,28H,17H2,1H3,(H,29,33)/b27-16-. The van der Waals surface area contributed by atoms with Crippen molar-refractivity contribution in [1.82, 2.24) is 25.2 Å². The number of carbonyl (C=O) groups excluding carboxylic acids is 1. The Hall–Kier alpha value is -4.17. The number of fused-ring (bicyclic) bond motifs is 1. The molecule has 0 fully saturated rings. The van der Waals surface area contributed by atoms with Crippen molar-refractivity contribution >= 4 is 34.8 Å². The normalized spacial score (nSPS) is 11.3. The maximum absolute atomic E-state index is 12.5. The highest BCUT2D eigenvalue weighted by Gasteiger charge is 2.17. The number of nitrogens with zero attached hydrogens (tertiary/aromatic N) is 4. The predicted octanol–water partition coefficient (Wildman–Crippen LogP) is 4.97. The van der Waals surface area contributed by atoms with E-state index in [1.165, 1.54) is 11.8 Å². The van der Waals surface area contributed by atoms with Crippen molar-refractivity contribution < 1.29 is 4.79 Å². The quantitative estimate of drug-likeness (QED) is 0.201. The molecule has 0 aliphatic carbocycles. The van der Waals surface area contributed by atoms with E-state index in [1.54, 1.807) is 6.21 Å². The summed E-state index contributed by atoms with van der Waals surface area (Å²) >= 11 is 1.32. The fourth-order valence-electron chi connectivity index (χ4n) is 3.74. The number of aryl methyl sites for hydroxylation is 1. The molecule has 2 N–H and O–H groups in total. The van der Waals surface area contributed by atoms with Gasteiger partial charge in [0.15, 0.2) is 11.0 Å². The summed E-state index contributed by atoms with van der Waals surface area (Å²) in [4.78, 5) is 15.8. The molecule has 2 aromatic heterocycles. The van der Waals surface area contributed by atoms with Crippen LogP contribution in [0, 0.1) is 6.92 Å². The van der Waals surface area contributed by atoms with Gasteiger partial charge in [-0.05, 0) is 25.1 Å². The third kappa shape index (κ3) is 4.49. The number of hydrogen-bond acceptors (Lipinski definition) is 5. The van der Waals surface area contributed by atoms with Crippen LogP contribution in [-0.4, -0.2) is 37.6 Å². The first kappa shape index (κ1) is 21.7. The first-order chi connectivity index (χ1) is 16.7. The Morgan fingerprint density at radius 3 is 2.50 bits per heavy atom. The number of para-hydroxylation sites is 2. The van der Waals surface area contributed by atoms with Gasteiger partial charge >= 0.3 is 0 Å². The highest BCUT2D eigenvalue weighted by Crippen LogP contribution is 2.27. The van der Waals surface area contributed by atoms with Gasteiger partial charge in [0.2, 0.25) is 0 Å². The van der Waals surface area contributed by atoms with Crippen molar-refractivity contribution in [3.63, 3.8) is 0 Å². The number of aromatic amines is 1. The second-order valence-electron chi connectivity index (χ2n) is 7.63. The summed E-state index contributed by atoms with van der Waals surface area (Å²) < 4.78 is 1.96. The molecule has 0 bridgehead atoms. The van der Waals surface area contributed by atoms with Crippen molar-refractivity contribution in [1.29, 1.82) is 0 Å². The third-order valence-electron chi connectivity index (χ3n) is 5.34. The van der Waals surface area contributed by atoms with Crippen molar-refractivity contribution in [2.45, 2.75) is 12.1 Å². The average Bonchev–Trinajstić information content (AvgIpc) is 3.44. The molecular formula is C26H22N6OS. The zero-order chi connectivity index (χ0) is 23.3. The molecule has 34 heavy (non-hydrogen) atoms. The van der Waals surface area contributed by atoms with Crippen molar-refractivity contribution in [3.8, 4) is 17.1 Å². The molecule has 0 unspecified atom stereocenters. The first-order valence-corrected chi connectivity index (χ1v) is 11.8. The van der Waals surface area contributed by atoms with Gasteiger partial charge in [-0.3, -0.25) is 9.36 Å². The Kier molecular flexibility index (Phi) is 6.22. The molecule has 0 aliphatic heterocycles. The Morgan fingerprint density at radius 2 is 1.71 bits per heavy atom. The molecule has 0 spiro atoms. The number of nitrogens with one attached hydrogen (secondary N) is 2. The van der Waals surface area contributed by atoms with Crippen molar-refractivity contribution in [3.05, 3.63) is 96.2 Å². The number of carbonyl (C=O) groups is 1. The van der Waals surface area contributed by atoms with E-state index in [9.17, 15) is 4.79 Å². The summed E-state index contributed by atoms with van der Waals surface area (Å²) in [6, 6.07) is 27.8.